The summed E-state index contributed by atoms with van der Waals surface area (Å²) in [7, 11) is 1.50. The fraction of sp³-hybridized carbons (Fsp3) is 0.375. The van der Waals surface area contributed by atoms with Crippen LogP contribution in [0.1, 0.15) is 19.3 Å². The normalized spacial score (nSPS) is 16.9. The zero-order valence-electron chi connectivity index (χ0n) is 12.3. The SMILES string of the molecule is COc1ccc(Cl)cc1NC(=O)COC(=O)[C@@H]1CC=CCC1. The molecular formula is C16H18ClNO4. The third-order valence-electron chi connectivity index (χ3n) is 3.38. The van der Waals surface area contributed by atoms with Crippen molar-refractivity contribution in [3.8, 4) is 5.75 Å². The highest BCUT2D eigenvalue weighted by Gasteiger charge is 2.21. The second-order valence-electron chi connectivity index (χ2n) is 4.98. The lowest BCUT2D eigenvalue weighted by atomic mass is 9.95. The summed E-state index contributed by atoms with van der Waals surface area (Å²) in [6, 6.07) is 4.89. The first-order valence-corrected chi connectivity index (χ1v) is 7.43. The molecular weight excluding hydrogens is 306 g/mol. The van der Waals surface area contributed by atoms with Crippen LogP contribution in [-0.4, -0.2) is 25.6 Å². The van der Waals surface area contributed by atoms with E-state index in [-0.39, 0.29) is 18.5 Å². The number of allylic oxidation sites excluding steroid dienone is 2. The van der Waals surface area contributed by atoms with Gasteiger partial charge in [-0.2, -0.15) is 0 Å². The highest BCUT2D eigenvalue weighted by atomic mass is 35.5. The third-order valence-corrected chi connectivity index (χ3v) is 3.62. The van der Waals surface area contributed by atoms with Crippen LogP contribution in [0.5, 0.6) is 5.75 Å². The highest BCUT2D eigenvalue weighted by molar-refractivity contribution is 6.31. The van der Waals surface area contributed by atoms with Crippen molar-refractivity contribution in [3.63, 3.8) is 0 Å². The maximum atomic E-state index is 11.9. The number of amides is 1. The fourth-order valence-electron chi connectivity index (χ4n) is 2.23. The summed E-state index contributed by atoms with van der Waals surface area (Å²) in [5.74, 6) is -0.433. The first-order chi connectivity index (χ1) is 10.6. The number of anilines is 1. The summed E-state index contributed by atoms with van der Waals surface area (Å²) in [5.41, 5.74) is 0.441. The standard InChI is InChI=1S/C16H18ClNO4/c1-21-14-8-7-12(17)9-13(14)18-15(19)10-22-16(20)11-5-3-2-4-6-11/h2-3,7-9,11H,4-6,10H2,1H3,(H,18,19)/t11-/m1/s1. The van der Waals surface area contributed by atoms with Gasteiger partial charge in [0.2, 0.25) is 0 Å². The first kappa shape index (κ1) is 16.4. The zero-order chi connectivity index (χ0) is 15.9. The number of hydrogen-bond donors (Lipinski definition) is 1. The molecule has 0 saturated carbocycles. The van der Waals surface area contributed by atoms with Crippen molar-refractivity contribution < 1.29 is 19.1 Å². The zero-order valence-corrected chi connectivity index (χ0v) is 13.1. The number of halogens is 1. The number of carbonyl (C=O) groups is 2. The number of methoxy groups -OCH3 is 1. The minimum atomic E-state index is -0.430. The van der Waals surface area contributed by atoms with Gasteiger partial charge in [0.15, 0.2) is 6.61 Å². The summed E-state index contributed by atoms with van der Waals surface area (Å²) in [4.78, 5) is 23.7. The second kappa shape index (κ2) is 7.84. The molecule has 1 amide bonds. The Morgan fingerprint density at radius 2 is 2.18 bits per heavy atom. The quantitative estimate of drug-likeness (QED) is 0.667. The number of nitrogens with one attached hydrogen (secondary N) is 1. The second-order valence-corrected chi connectivity index (χ2v) is 5.42. The van der Waals surface area contributed by atoms with Crippen molar-refractivity contribution in [3.05, 3.63) is 35.4 Å². The van der Waals surface area contributed by atoms with E-state index in [4.69, 9.17) is 21.1 Å². The molecule has 1 atom stereocenters. The Balaban J connectivity index is 1.86. The van der Waals surface area contributed by atoms with E-state index in [9.17, 15) is 9.59 Å². The Labute approximate surface area is 134 Å². The molecule has 1 aromatic carbocycles. The number of hydrogen-bond acceptors (Lipinski definition) is 4. The maximum absolute atomic E-state index is 11.9. The monoisotopic (exact) mass is 323 g/mol. The van der Waals surface area contributed by atoms with Crippen LogP contribution in [0.3, 0.4) is 0 Å². The lowest BCUT2D eigenvalue weighted by molar-refractivity contribution is -0.151. The van der Waals surface area contributed by atoms with Crippen LogP contribution in [-0.2, 0) is 14.3 Å². The maximum Gasteiger partial charge on any atom is 0.309 e. The number of benzene rings is 1. The van der Waals surface area contributed by atoms with Crippen LogP contribution in [0.4, 0.5) is 5.69 Å². The van der Waals surface area contributed by atoms with E-state index in [1.807, 2.05) is 12.2 Å². The molecule has 0 radical (unpaired) electrons. The summed E-state index contributed by atoms with van der Waals surface area (Å²) >= 11 is 5.89. The van der Waals surface area contributed by atoms with E-state index < -0.39 is 5.91 Å². The molecule has 0 aromatic heterocycles. The number of carbonyl (C=O) groups excluding carboxylic acids is 2. The molecule has 0 saturated heterocycles. The van der Waals surface area contributed by atoms with Gasteiger partial charge in [-0.3, -0.25) is 9.59 Å². The molecule has 0 spiro atoms. The first-order valence-electron chi connectivity index (χ1n) is 7.05. The molecule has 22 heavy (non-hydrogen) atoms. The Bertz CT molecular complexity index is 586. The van der Waals surface area contributed by atoms with Gasteiger partial charge in [-0.05, 0) is 37.5 Å². The molecule has 0 fully saturated rings. The third kappa shape index (κ3) is 4.49. The topological polar surface area (TPSA) is 64.6 Å². The van der Waals surface area contributed by atoms with E-state index >= 15 is 0 Å². The molecule has 0 unspecified atom stereocenters. The summed E-state index contributed by atoms with van der Waals surface area (Å²) < 4.78 is 10.2. The van der Waals surface area contributed by atoms with Crippen molar-refractivity contribution in [2.24, 2.45) is 5.92 Å². The van der Waals surface area contributed by atoms with Crippen molar-refractivity contribution in [2.45, 2.75) is 19.3 Å². The van der Waals surface area contributed by atoms with E-state index in [0.29, 0.717) is 22.9 Å². The predicted octanol–water partition coefficient (Wildman–Crippen LogP) is 3.19. The van der Waals surface area contributed by atoms with Gasteiger partial charge in [0.05, 0.1) is 18.7 Å². The van der Waals surface area contributed by atoms with Crippen molar-refractivity contribution >= 4 is 29.2 Å². The molecule has 1 aliphatic rings. The average Bonchev–Trinajstić information content (AvgIpc) is 2.53. The van der Waals surface area contributed by atoms with Gasteiger partial charge in [-0.15, -0.1) is 0 Å². The average molecular weight is 324 g/mol. The van der Waals surface area contributed by atoms with Gasteiger partial charge in [0.25, 0.3) is 5.91 Å². The van der Waals surface area contributed by atoms with Crippen molar-refractivity contribution in [2.75, 3.05) is 19.0 Å². The lowest BCUT2D eigenvalue weighted by Crippen LogP contribution is -2.25. The predicted molar refractivity (Wildman–Crippen MR) is 84.1 cm³/mol. The van der Waals surface area contributed by atoms with E-state index in [1.54, 1.807) is 18.2 Å². The lowest BCUT2D eigenvalue weighted by Gasteiger charge is -2.16. The van der Waals surface area contributed by atoms with Gasteiger partial charge < -0.3 is 14.8 Å². The van der Waals surface area contributed by atoms with Crippen LogP contribution >= 0.6 is 11.6 Å². The molecule has 0 heterocycles. The van der Waals surface area contributed by atoms with Crippen LogP contribution in [0.2, 0.25) is 5.02 Å². The van der Waals surface area contributed by atoms with Crippen molar-refractivity contribution in [1.82, 2.24) is 0 Å². The smallest absolute Gasteiger partial charge is 0.309 e. The Kier molecular flexibility index (Phi) is 5.83. The summed E-state index contributed by atoms with van der Waals surface area (Å²) in [5, 5.41) is 3.10. The molecule has 1 aliphatic carbocycles. The molecule has 1 N–H and O–H groups in total. The largest absolute Gasteiger partial charge is 0.495 e. The minimum absolute atomic E-state index is 0.154. The fourth-order valence-corrected chi connectivity index (χ4v) is 2.40. The van der Waals surface area contributed by atoms with Gasteiger partial charge in [-0.25, -0.2) is 0 Å². The Hall–Kier alpha value is -2.01. The van der Waals surface area contributed by atoms with Crippen molar-refractivity contribution in [1.29, 1.82) is 0 Å². The van der Waals surface area contributed by atoms with Gasteiger partial charge in [-0.1, -0.05) is 23.8 Å². The number of rotatable bonds is 5. The van der Waals surface area contributed by atoms with Crippen LogP contribution in [0.25, 0.3) is 0 Å². The number of ether oxygens (including phenoxy) is 2. The molecule has 0 bridgehead atoms. The van der Waals surface area contributed by atoms with E-state index in [1.165, 1.54) is 7.11 Å². The Morgan fingerprint density at radius 3 is 2.86 bits per heavy atom. The summed E-state index contributed by atoms with van der Waals surface area (Å²) in [6.07, 6.45) is 6.31. The highest BCUT2D eigenvalue weighted by Crippen LogP contribution is 2.27. The van der Waals surface area contributed by atoms with Gasteiger partial charge in [0, 0.05) is 5.02 Å². The van der Waals surface area contributed by atoms with Gasteiger partial charge >= 0.3 is 5.97 Å². The molecule has 118 valence electrons. The molecule has 2 rings (SSSR count). The van der Waals surface area contributed by atoms with Gasteiger partial charge in [0.1, 0.15) is 5.75 Å². The van der Waals surface area contributed by atoms with Crippen LogP contribution < -0.4 is 10.1 Å². The summed E-state index contributed by atoms with van der Waals surface area (Å²) in [6.45, 7) is -0.325. The molecule has 5 nitrogen and oxygen atoms in total. The molecule has 1 aromatic rings. The van der Waals surface area contributed by atoms with E-state index in [2.05, 4.69) is 5.32 Å². The van der Waals surface area contributed by atoms with E-state index in [0.717, 1.165) is 12.8 Å². The molecule has 0 aliphatic heterocycles. The minimum Gasteiger partial charge on any atom is -0.495 e. The number of esters is 1. The van der Waals surface area contributed by atoms with Crippen LogP contribution in [0, 0.1) is 5.92 Å². The van der Waals surface area contributed by atoms with Crippen LogP contribution in [0.15, 0.2) is 30.4 Å². The molecule has 6 heteroatoms. The Morgan fingerprint density at radius 1 is 1.36 bits per heavy atom.